The zero-order chi connectivity index (χ0) is 18.8. The van der Waals surface area contributed by atoms with Crippen molar-refractivity contribution in [1.29, 1.82) is 0 Å². The average Bonchev–Trinajstić information content (AvgIpc) is 3.35. The molecule has 7 nitrogen and oxygen atoms in total. The van der Waals surface area contributed by atoms with Gasteiger partial charge in [-0.15, -0.1) is 16.4 Å². The molecule has 0 atom stereocenters. The van der Waals surface area contributed by atoms with Crippen molar-refractivity contribution in [3.63, 3.8) is 0 Å². The summed E-state index contributed by atoms with van der Waals surface area (Å²) in [6, 6.07) is 6.88. The Kier molecular flexibility index (Phi) is 5.22. The van der Waals surface area contributed by atoms with Crippen molar-refractivity contribution in [2.45, 2.75) is 19.4 Å². The highest BCUT2D eigenvalue weighted by atomic mass is 79.9. The van der Waals surface area contributed by atoms with Gasteiger partial charge in [0.15, 0.2) is 5.82 Å². The van der Waals surface area contributed by atoms with Crippen LogP contribution in [0, 0.1) is 5.92 Å². The van der Waals surface area contributed by atoms with Crippen molar-refractivity contribution in [3.8, 4) is 5.82 Å². The first-order valence-corrected chi connectivity index (χ1v) is 10.4. The lowest BCUT2D eigenvalue weighted by Crippen LogP contribution is -2.40. The van der Waals surface area contributed by atoms with Crippen molar-refractivity contribution < 1.29 is 4.79 Å². The molecular formula is C18H18BrN5O2S. The van der Waals surface area contributed by atoms with Crippen LogP contribution in [-0.2, 0) is 6.54 Å². The van der Waals surface area contributed by atoms with Crippen molar-refractivity contribution in [1.82, 2.24) is 24.5 Å². The zero-order valence-corrected chi connectivity index (χ0v) is 16.9. The molecule has 0 unspecified atom stereocenters. The van der Waals surface area contributed by atoms with E-state index in [0.29, 0.717) is 31.4 Å². The molecule has 3 aromatic rings. The number of rotatable bonds is 4. The van der Waals surface area contributed by atoms with Crippen molar-refractivity contribution in [2.75, 3.05) is 13.1 Å². The first-order valence-electron chi connectivity index (χ1n) is 8.71. The van der Waals surface area contributed by atoms with E-state index in [0.717, 1.165) is 22.2 Å². The fraction of sp³-hybridized carbons (Fsp3) is 0.333. The van der Waals surface area contributed by atoms with Crippen LogP contribution in [0.15, 0.2) is 51.3 Å². The van der Waals surface area contributed by atoms with Gasteiger partial charge in [0.05, 0.1) is 4.88 Å². The minimum absolute atomic E-state index is 0.0834. The number of carbonyl (C=O) groups excluding carboxylic acids is 1. The van der Waals surface area contributed by atoms with Crippen LogP contribution in [0.25, 0.3) is 5.82 Å². The second kappa shape index (κ2) is 7.77. The van der Waals surface area contributed by atoms with Crippen molar-refractivity contribution >= 4 is 33.2 Å². The van der Waals surface area contributed by atoms with E-state index in [-0.39, 0.29) is 11.5 Å². The van der Waals surface area contributed by atoms with Crippen LogP contribution >= 0.6 is 27.3 Å². The van der Waals surface area contributed by atoms with E-state index in [9.17, 15) is 9.59 Å². The largest absolute Gasteiger partial charge is 0.338 e. The van der Waals surface area contributed by atoms with Gasteiger partial charge in [-0.25, -0.2) is 9.36 Å². The van der Waals surface area contributed by atoms with Gasteiger partial charge in [-0.05, 0) is 52.9 Å². The third-order valence-electron chi connectivity index (χ3n) is 4.70. The minimum atomic E-state index is -0.118. The Hall–Kier alpha value is -2.26. The molecule has 0 N–H and O–H groups in total. The lowest BCUT2D eigenvalue weighted by molar-refractivity contribution is 0.0685. The number of hydrogen-bond acceptors (Lipinski definition) is 5. The number of thiophene rings is 1. The van der Waals surface area contributed by atoms with Crippen LogP contribution in [0.4, 0.5) is 0 Å². The van der Waals surface area contributed by atoms with Crippen LogP contribution in [0.5, 0.6) is 0 Å². The Morgan fingerprint density at radius 2 is 2.11 bits per heavy atom. The normalized spacial score (nSPS) is 15.2. The second-order valence-corrected chi connectivity index (χ2v) is 8.35. The predicted molar refractivity (Wildman–Crippen MR) is 106 cm³/mol. The molecule has 0 aliphatic carbocycles. The van der Waals surface area contributed by atoms with Crippen LogP contribution < -0.4 is 5.56 Å². The third-order valence-corrected chi connectivity index (χ3v) is 6.38. The number of nitrogens with zero attached hydrogens (tertiary/aromatic N) is 5. The highest BCUT2D eigenvalue weighted by molar-refractivity contribution is 9.10. The summed E-state index contributed by atoms with van der Waals surface area (Å²) in [6.45, 7) is 1.96. The molecule has 4 heterocycles. The van der Waals surface area contributed by atoms with Gasteiger partial charge in [-0.1, -0.05) is 0 Å². The highest BCUT2D eigenvalue weighted by Crippen LogP contribution is 2.24. The summed E-state index contributed by atoms with van der Waals surface area (Å²) in [5.41, 5.74) is -0.118. The molecule has 1 fully saturated rings. The average molecular weight is 448 g/mol. The smallest absolute Gasteiger partial charge is 0.266 e. The standard InChI is InChI=1S/C18H18BrN5O2S/c19-14-10-15(27-12-14)18(26)22-8-4-13(5-9-22)11-24-17(25)3-2-16(21-24)23-7-1-6-20-23/h1-3,6-7,10,12-13H,4-5,8-9,11H2. The molecule has 0 saturated carbocycles. The Bertz CT molecular complexity index is 989. The minimum Gasteiger partial charge on any atom is -0.338 e. The highest BCUT2D eigenvalue weighted by Gasteiger charge is 2.25. The molecule has 1 saturated heterocycles. The maximum Gasteiger partial charge on any atom is 0.266 e. The van der Waals surface area contributed by atoms with Crippen molar-refractivity contribution in [3.05, 3.63) is 61.7 Å². The SMILES string of the molecule is O=C(c1cc(Br)cs1)N1CCC(Cn2nc(-n3cccn3)ccc2=O)CC1. The lowest BCUT2D eigenvalue weighted by Gasteiger charge is -2.31. The van der Waals surface area contributed by atoms with Gasteiger partial charge in [0.2, 0.25) is 0 Å². The molecule has 0 bridgehead atoms. The molecule has 4 rings (SSSR count). The first-order chi connectivity index (χ1) is 13.1. The molecule has 9 heteroatoms. The van der Waals surface area contributed by atoms with Gasteiger partial charge in [0, 0.05) is 47.9 Å². The number of aromatic nitrogens is 4. The summed E-state index contributed by atoms with van der Waals surface area (Å²) in [6.07, 6.45) is 5.19. The van der Waals surface area contributed by atoms with E-state index in [1.165, 1.54) is 22.1 Å². The molecule has 27 heavy (non-hydrogen) atoms. The van der Waals surface area contributed by atoms with Gasteiger partial charge < -0.3 is 4.90 Å². The van der Waals surface area contributed by atoms with E-state index in [1.54, 1.807) is 23.1 Å². The molecule has 1 aliphatic heterocycles. The molecule has 140 valence electrons. The van der Waals surface area contributed by atoms with E-state index in [1.807, 2.05) is 22.4 Å². The summed E-state index contributed by atoms with van der Waals surface area (Å²) in [5.74, 6) is 1.03. The summed E-state index contributed by atoms with van der Waals surface area (Å²) in [4.78, 5) is 27.4. The quantitative estimate of drug-likeness (QED) is 0.616. The second-order valence-electron chi connectivity index (χ2n) is 6.53. The van der Waals surface area contributed by atoms with E-state index in [4.69, 9.17) is 0 Å². The zero-order valence-electron chi connectivity index (χ0n) is 14.5. The van der Waals surface area contributed by atoms with Crippen LogP contribution in [0.2, 0.25) is 0 Å². The number of carbonyl (C=O) groups is 1. The fourth-order valence-electron chi connectivity index (χ4n) is 3.24. The molecule has 1 aliphatic rings. The molecular weight excluding hydrogens is 430 g/mol. The Balaban J connectivity index is 1.40. The fourth-order valence-corrected chi connectivity index (χ4v) is 4.63. The van der Waals surface area contributed by atoms with E-state index >= 15 is 0 Å². The predicted octanol–water partition coefficient (Wildman–Crippen LogP) is 2.81. The van der Waals surface area contributed by atoms with Crippen molar-refractivity contribution in [2.24, 2.45) is 5.92 Å². The summed E-state index contributed by atoms with van der Waals surface area (Å²) in [7, 11) is 0. The Morgan fingerprint density at radius 3 is 2.78 bits per heavy atom. The van der Waals surface area contributed by atoms with Gasteiger partial charge in [0.1, 0.15) is 0 Å². The van der Waals surface area contributed by atoms with Gasteiger partial charge >= 0.3 is 0 Å². The number of piperidine rings is 1. The number of hydrogen-bond donors (Lipinski definition) is 0. The molecule has 3 aromatic heterocycles. The maximum absolute atomic E-state index is 12.5. The molecule has 0 aromatic carbocycles. The summed E-state index contributed by atoms with van der Waals surface area (Å²) in [5, 5.41) is 10.5. The summed E-state index contributed by atoms with van der Waals surface area (Å²) < 4.78 is 4.08. The number of amides is 1. The molecule has 0 spiro atoms. The van der Waals surface area contributed by atoms with E-state index < -0.39 is 0 Å². The molecule has 1 amide bonds. The Morgan fingerprint density at radius 1 is 1.30 bits per heavy atom. The maximum atomic E-state index is 12.5. The molecule has 0 radical (unpaired) electrons. The third kappa shape index (κ3) is 4.03. The van der Waals surface area contributed by atoms with Gasteiger partial charge in [-0.2, -0.15) is 5.10 Å². The first kappa shape index (κ1) is 18.1. The monoisotopic (exact) mass is 447 g/mol. The lowest BCUT2D eigenvalue weighted by atomic mass is 9.96. The summed E-state index contributed by atoms with van der Waals surface area (Å²) >= 11 is 4.85. The van der Waals surface area contributed by atoms with Gasteiger partial charge in [0.25, 0.3) is 11.5 Å². The van der Waals surface area contributed by atoms with Crippen LogP contribution in [-0.4, -0.2) is 43.5 Å². The van der Waals surface area contributed by atoms with Crippen LogP contribution in [0.1, 0.15) is 22.5 Å². The van der Waals surface area contributed by atoms with Crippen LogP contribution in [0.3, 0.4) is 0 Å². The van der Waals surface area contributed by atoms with Gasteiger partial charge in [-0.3, -0.25) is 9.59 Å². The van der Waals surface area contributed by atoms with E-state index in [2.05, 4.69) is 26.1 Å². The number of likely N-dealkylation sites (tertiary alicyclic amines) is 1. The Labute approximate surface area is 168 Å². The number of halogens is 1. The topological polar surface area (TPSA) is 73.0 Å².